The summed E-state index contributed by atoms with van der Waals surface area (Å²) in [5, 5.41) is 0. The van der Waals surface area contributed by atoms with Crippen LogP contribution < -0.4 is 4.72 Å². The third kappa shape index (κ3) is 6.67. The minimum Gasteiger partial charge on any atom is -0.465 e. The Bertz CT molecular complexity index is 969. The molecular weight excluding hydrogens is 452 g/mol. The van der Waals surface area contributed by atoms with Gasteiger partial charge in [0.25, 0.3) is 10.0 Å². The summed E-state index contributed by atoms with van der Waals surface area (Å²) in [6.07, 6.45) is 0.0648. The Morgan fingerprint density at radius 2 is 1.73 bits per heavy atom. The van der Waals surface area contributed by atoms with Crippen molar-refractivity contribution in [3.8, 4) is 0 Å². The molecule has 2 rings (SSSR count). The van der Waals surface area contributed by atoms with E-state index in [2.05, 4.69) is 9.46 Å². The average Bonchev–Trinajstić information content (AvgIpc) is 3.22. The smallest absolute Gasteiger partial charge is 0.410 e. The van der Waals surface area contributed by atoms with Gasteiger partial charge in [0.1, 0.15) is 5.60 Å². The zero-order valence-electron chi connectivity index (χ0n) is 19.8. The first-order valence-corrected chi connectivity index (χ1v) is 12.1. The summed E-state index contributed by atoms with van der Waals surface area (Å²) < 4.78 is 43.0. The van der Waals surface area contributed by atoms with Crippen LogP contribution in [0.2, 0.25) is 0 Å². The Morgan fingerprint density at radius 3 is 2.24 bits per heavy atom. The molecule has 0 saturated carbocycles. The number of nitrogens with zero attached hydrogens (tertiary/aromatic N) is 1. The van der Waals surface area contributed by atoms with Gasteiger partial charge >= 0.3 is 12.1 Å². The molecule has 2 amide bonds. The molecule has 1 N–H and O–H groups in total. The summed E-state index contributed by atoms with van der Waals surface area (Å²) in [6.45, 7) is 7.30. The van der Waals surface area contributed by atoms with Crippen molar-refractivity contribution in [3.63, 3.8) is 0 Å². The highest BCUT2D eigenvalue weighted by atomic mass is 32.2. The zero-order chi connectivity index (χ0) is 25.0. The van der Waals surface area contributed by atoms with E-state index in [9.17, 15) is 22.8 Å². The molecule has 33 heavy (non-hydrogen) atoms. The van der Waals surface area contributed by atoms with Gasteiger partial charge in [0.15, 0.2) is 0 Å². The Labute approximate surface area is 194 Å². The van der Waals surface area contributed by atoms with Crippen molar-refractivity contribution in [1.82, 2.24) is 9.62 Å². The number of amides is 2. The first-order chi connectivity index (χ1) is 15.3. The van der Waals surface area contributed by atoms with Gasteiger partial charge in [-0.1, -0.05) is 6.92 Å². The average molecular weight is 485 g/mol. The fourth-order valence-corrected chi connectivity index (χ4v) is 4.76. The van der Waals surface area contributed by atoms with E-state index in [1.165, 1.54) is 43.4 Å². The molecule has 0 spiro atoms. The van der Waals surface area contributed by atoms with E-state index in [0.717, 1.165) is 0 Å². The lowest BCUT2D eigenvalue weighted by atomic mass is 9.95. The highest BCUT2D eigenvalue weighted by Gasteiger charge is 2.41. The predicted octanol–water partition coefficient (Wildman–Crippen LogP) is 2.33. The van der Waals surface area contributed by atoms with Gasteiger partial charge in [-0.25, -0.2) is 22.7 Å². The molecule has 3 atom stereocenters. The van der Waals surface area contributed by atoms with Gasteiger partial charge in [-0.3, -0.25) is 4.79 Å². The van der Waals surface area contributed by atoms with E-state index in [1.807, 2.05) is 0 Å². The third-order valence-electron chi connectivity index (χ3n) is 5.31. The number of carbonyl (C=O) groups excluding carboxylic acids is 3. The van der Waals surface area contributed by atoms with Gasteiger partial charge in [0.2, 0.25) is 5.91 Å². The van der Waals surface area contributed by atoms with Gasteiger partial charge in [-0.15, -0.1) is 0 Å². The molecule has 0 aliphatic carbocycles. The van der Waals surface area contributed by atoms with Crippen LogP contribution in [0.5, 0.6) is 0 Å². The molecule has 1 saturated heterocycles. The van der Waals surface area contributed by atoms with Crippen LogP contribution >= 0.6 is 0 Å². The maximum Gasteiger partial charge on any atom is 0.410 e. The number of nitrogens with one attached hydrogen (secondary N) is 1. The van der Waals surface area contributed by atoms with Crippen LogP contribution in [0.25, 0.3) is 0 Å². The van der Waals surface area contributed by atoms with Crippen molar-refractivity contribution < 1.29 is 37.0 Å². The number of sulfonamides is 1. The second kappa shape index (κ2) is 10.5. The van der Waals surface area contributed by atoms with E-state index in [-0.39, 0.29) is 10.5 Å². The molecule has 1 aromatic carbocycles. The van der Waals surface area contributed by atoms with Crippen LogP contribution in [0.4, 0.5) is 4.79 Å². The van der Waals surface area contributed by atoms with Crippen molar-refractivity contribution in [2.45, 2.75) is 63.2 Å². The van der Waals surface area contributed by atoms with Crippen molar-refractivity contribution >= 4 is 28.0 Å². The Morgan fingerprint density at radius 1 is 1.12 bits per heavy atom. The highest BCUT2D eigenvalue weighted by molar-refractivity contribution is 7.90. The minimum absolute atomic E-state index is 0.180. The zero-order valence-corrected chi connectivity index (χ0v) is 20.6. The van der Waals surface area contributed by atoms with Crippen molar-refractivity contribution in [3.05, 3.63) is 29.8 Å². The predicted molar refractivity (Wildman–Crippen MR) is 119 cm³/mol. The SMILES string of the molecule is COC(=O)c1ccc(S(=O)(=O)NC(=O)C(C)C(OC)C2CCCN2C(=O)OC(C)(C)C)cc1. The summed E-state index contributed by atoms with van der Waals surface area (Å²) >= 11 is 0. The summed E-state index contributed by atoms with van der Waals surface area (Å²) in [5.74, 6) is -2.26. The maximum atomic E-state index is 12.8. The van der Waals surface area contributed by atoms with Gasteiger partial charge in [-0.2, -0.15) is 0 Å². The number of likely N-dealkylation sites (tertiary alicyclic amines) is 1. The second-order valence-electron chi connectivity index (χ2n) is 8.86. The number of esters is 1. The van der Waals surface area contributed by atoms with Gasteiger partial charge in [0, 0.05) is 13.7 Å². The van der Waals surface area contributed by atoms with Crippen LogP contribution in [0.15, 0.2) is 29.2 Å². The molecule has 3 unspecified atom stereocenters. The number of methoxy groups -OCH3 is 2. The number of carbonyl (C=O) groups is 3. The van der Waals surface area contributed by atoms with Crippen LogP contribution in [0, 0.1) is 5.92 Å². The minimum atomic E-state index is -4.19. The van der Waals surface area contributed by atoms with Crippen LogP contribution in [-0.4, -0.2) is 69.8 Å². The van der Waals surface area contributed by atoms with Crippen LogP contribution in [0.3, 0.4) is 0 Å². The second-order valence-corrected chi connectivity index (χ2v) is 10.5. The van der Waals surface area contributed by atoms with E-state index < -0.39 is 51.7 Å². The van der Waals surface area contributed by atoms with E-state index in [1.54, 1.807) is 27.7 Å². The molecule has 10 nitrogen and oxygen atoms in total. The monoisotopic (exact) mass is 484 g/mol. The lowest BCUT2D eigenvalue weighted by molar-refractivity contribution is -0.128. The molecule has 1 fully saturated rings. The molecule has 1 heterocycles. The molecule has 0 radical (unpaired) electrons. The molecule has 184 valence electrons. The number of ether oxygens (including phenoxy) is 3. The normalized spacial score (nSPS) is 18.4. The first-order valence-electron chi connectivity index (χ1n) is 10.6. The summed E-state index contributed by atoms with van der Waals surface area (Å²) in [5.41, 5.74) is -0.494. The maximum absolute atomic E-state index is 12.8. The lowest BCUT2D eigenvalue weighted by Crippen LogP contribution is -2.51. The molecular formula is C22H32N2O8S. The molecule has 1 aliphatic rings. The lowest BCUT2D eigenvalue weighted by Gasteiger charge is -2.34. The van der Waals surface area contributed by atoms with E-state index >= 15 is 0 Å². The van der Waals surface area contributed by atoms with Gasteiger partial charge in [-0.05, 0) is 57.9 Å². The van der Waals surface area contributed by atoms with Crippen molar-refractivity contribution in [2.24, 2.45) is 5.92 Å². The van der Waals surface area contributed by atoms with Crippen molar-refractivity contribution in [2.75, 3.05) is 20.8 Å². The summed E-state index contributed by atoms with van der Waals surface area (Å²) in [4.78, 5) is 38.3. The fraction of sp³-hybridized carbons (Fsp3) is 0.591. The fourth-order valence-electron chi connectivity index (χ4n) is 3.70. The third-order valence-corrected chi connectivity index (χ3v) is 6.67. The largest absolute Gasteiger partial charge is 0.465 e. The van der Waals surface area contributed by atoms with Gasteiger partial charge in [0.05, 0.1) is 35.6 Å². The quantitative estimate of drug-likeness (QED) is 0.584. The Balaban J connectivity index is 2.14. The molecule has 1 aromatic rings. The standard InChI is InChI=1S/C22H32N2O8S/c1-14(18(30-5)17-8-7-13-24(17)21(27)32-22(2,3)4)19(25)23-33(28,29)16-11-9-15(10-12-16)20(26)31-6/h9-12,14,17-18H,7-8,13H2,1-6H3,(H,23,25). The highest BCUT2D eigenvalue weighted by Crippen LogP contribution is 2.28. The molecule has 1 aliphatic heterocycles. The van der Waals surface area contributed by atoms with Crippen LogP contribution in [0.1, 0.15) is 50.9 Å². The molecule has 0 bridgehead atoms. The number of benzene rings is 1. The number of hydrogen-bond donors (Lipinski definition) is 1. The molecule has 11 heteroatoms. The van der Waals surface area contributed by atoms with Crippen molar-refractivity contribution in [1.29, 1.82) is 0 Å². The number of hydrogen-bond acceptors (Lipinski definition) is 8. The summed E-state index contributed by atoms with van der Waals surface area (Å²) in [6, 6.07) is 4.57. The molecule has 0 aromatic heterocycles. The first kappa shape index (κ1) is 26.6. The Kier molecular flexibility index (Phi) is 8.47. The van der Waals surface area contributed by atoms with Crippen LogP contribution in [-0.2, 0) is 29.0 Å². The van der Waals surface area contributed by atoms with E-state index in [0.29, 0.717) is 19.4 Å². The van der Waals surface area contributed by atoms with E-state index in [4.69, 9.17) is 9.47 Å². The summed E-state index contributed by atoms with van der Waals surface area (Å²) in [7, 11) is -1.55. The number of rotatable bonds is 7. The van der Waals surface area contributed by atoms with Gasteiger partial charge < -0.3 is 19.1 Å². The topological polar surface area (TPSA) is 128 Å². The Hall–Kier alpha value is -2.66.